The van der Waals surface area contributed by atoms with Crippen molar-refractivity contribution in [2.45, 2.75) is 13.0 Å². The van der Waals surface area contributed by atoms with E-state index in [0.717, 1.165) is 11.3 Å². The van der Waals surface area contributed by atoms with Gasteiger partial charge in [-0.15, -0.1) is 0 Å². The summed E-state index contributed by atoms with van der Waals surface area (Å²) < 4.78 is 5.90. The Morgan fingerprint density at radius 3 is 2.69 bits per heavy atom. The second kappa shape index (κ2) is 6.84. The standard InChI is InChI=1S/C22H17NO3/c24-20-9-5-8-18-19(20)13-16(22(18)25)12-15-6-1-2-10-21(15)26-14-17-7-3-4-11-23-17/h1-12,24H,13-14H2/b16-12+. The lowest BCUT2D eigenvalue weighted by molar-refractivity contribution is 0.104. The monoisotopic (exact) mass is 343 g/mol. The average Bonchev–Trinajstić information content (AvgIpc) is 2.99. The van der Waals surface area contributed by atoms with Gasteiger partial charge in [-0.25, -0.2) is 0 Å². The van der Waals surface area contributed by atoms with Crippen LogP contribution in [0, 0.1) is 0 Å². The summed E-state index contributed by atoms with van der Waals surface area (Å²) in [4.78, 5) is 16.9. The SMILES string of the molecule is O=C1/C(=C/c2ccccc2OCc2ccccn2)Cc2c(O)cccc21. The smallest absolute Gasteiger partial charge is 0.189 e. The molecule has 0 aliphatic heterocycles. The van der Waals surface area contributed by atoms with E-state index in [0.29, 0.717) is 35.5 Å². The molecule has 0 amide bonds. The molecule has 0 atom stereocenters. The number of carbonyl (C=O) groups excluding carboxylic acids is 1. The van der Waals surface area contributed by atoms with Crippen LogP contribution < -0.4 is 4.74 Å². The fourth-order valence-corrected chi connectivity index (χ4v) is 3.09. The second-order valence-corrected chi connectivity index (χ2v) is 6.13. The van der Waals surface area contributed by atoms with E-state index in [-0.39, 0.29) is 11.5 Å². The maximum Gasteiger partial charge on any atom is 0.189 e. The number of Topliss-reactive ketones (excluding diaryl/α,β-unsaturated/α-hetero) is 1. The maximum atomic E-state index is 12.6. The number of aromatic nitrogens is 1. The van der Waals surface area contributed by atoms with Crippen LogP contribution in [0.15, 0.2) is 72.4 Å². The molecule has 1 aliphatic carbocycles. The molecule has 0 saturated carbocycles. The van der Waals surface area contributed by atoms with Crippen LogP contribution in [0.1, 0.15) is 27.2 Å². The first-order valence-electron chi connectivity index (χ1n) is 8.40. The third-order valence-corrected chi connectivity index (χ3v) is 4.41. The zero-order valence-corrected chi connectivity index (χ0v) is 14.1. The lowest BCUT2D eigenvalue weighted by Gasteiger charge is -2.09. The van der Waals surface area contributed by atoms with Crippen molar-refractivity contribution in [3.63, 3.8) is 0 Å². The van der Waals surface area contributed by atoms with Crippen molar-refractivity contribution in [3.05, 3.63) is 94.8 Å². The molecule has 128 valence electrons. The van der Waals surface area contributed by atoms with E-state index in [2.05, 4.69) is 4.98 Å². The first kappa shape index (κ1) is 16.1. The molecular weight excluding hydrogens is 326 g/mol. The molecule has 2 aromatic carbocycles. The Labute approximate surface area is 151 Å². The molecule has 1 aromatic heterocycles. The highest BCUT2D eigenvalue weighted by Gasteiger charge is 2.27. The number of hydrogen-bond donors (Lipinski definition) is 1. The number of phenolic OH excluding ortho intramolecular Hbond substituents is 1. The topological polar surface area (TPSA) is 59.4 Å². The molecule has 0 saturated heterocycles. The number of aromatic hydroxyl groups is 1. The number of nitrogens with zero attached hydrogens (tertiary/aromatic N) is 1. The van der Waals surface area contributed by atoms with Gasteiger partial charge in [0, 0.05) is 34.9 Å². The number of phenols is 1. The van der Waals surface area contributed by atoms with Gasteiger partial charge in [0.2, 0.25) is 0 Å². The predicted octanol–water partition coefficient (Wildman–Crippen LogP) is 4.19. The summed E-state index contributed by atoms with van der Waals surface area (Å²) in [6, 6.07) is 18.3. The molecule has 3 aromatic rings. The average molecular weight is 343 g/mol. The van der Waals surface area contributed by atoms with Crippen LogP contribution in [-0.4, -0.2) is 15.9 Å². The van der Waals surface area contributed by atoms with Crippen molar-refractivity contribution in [1.82, 2.24) is 4.98 Å². The fourth-order valence-electron chi connectivity index (χ4n) is 3.09. The van der Waals surface area contributed by atoms with Crippen LogP contribution >= 0.6 is 0 Å². The molecule has 0 bridgehead atoms. The fraction of sp³-hybridized carbons (Fsp3) is 0.0909. The Balaban J connectivity index is 1.60. The molecule has 1 N–H and O–H groups in total. The van der Waals surface area contributed by atoms with E-state index in [4.69, 9.17) is 4.74 Å². The molecule has 1 heterocycles. The van der Waals surface area contributed by atoms with E-state index < -0.39 is 0 Å². The summed E-state index contributed by atoms with van der Waals surface area (Å²) in [6.07, 6.45) is 4.00. The number of para-hydroxylation sites is 1. The van der Waals surface area contributed by atoms with Crippen LogP contribution in [0.25, 0.3) is 6.08 Å². The van der Waals surface area contributed by atoms with Crippen LogP contribution in [0.5, 0.6) is 11.5 Å². The second-order valence-electron chi connectivity index (χ2n) is 6.13. The van der Waals surface area contributed by atoms with Crippen molar-refractivity contribution in [2.24, 2.45) is 0 Å². The summed E-state index contributed by atoms with van der Waals surface area (Å²) in [5.74, 6) is 0.813. The van der Waals surface area contributed by atoms with Gasteiger partial charge >= 0.3 is 0 Å². The summed E-state index contributed by atoms with van der Waals surface area (Å²) in [5.41, 5.74) is 3.58. The molecule has 0 radical (unpaired) electrons. The number of ketones is 1. The Kier molecular flexibility index (Phi) is 4.23. The largest absolute Gasteiger partial charge is 0.508 e. The Bertz CT molecular complexity index is 993. The lowest BCUT2D eigenvalue weighted by atomic mass is 10.1. The minimum absolute atomic E-state index is 0.0459. The number of pyridine rings is 1. The minimum atomic E-state index is -0.0459. The number of rotatable bonds is 4. The molecule has 0 spiro atoms. The van der Waals surface area contributed by atoms with E-state index >= 15 is 0 Å². The van der Waals surface area contributed by atoms with E-state index in [1.54, 1.807) is 24.4 Å². The predicted molar refractivity (Wildman–Crippen MR) is 99.1 cm³/mol. The first-order valence-corrected chi connectivity index (χ1v) is 8.40. The normalized spacial score (nSPS) is 14.5. The Hall–Kier alpha value is -3.40. The van der Waals surface area contributed by atoms with Crippen molar-refractivity contribution in [2.75, 3.05) is 0 Å². The summed E-state index contributed by atoms with van der Waals surface area (Å²) >= 11 is 0. The maximum absolute atomic E-state index is 12.6. The van der Waals surface area contributed by atoms with E-state index in [9.17, 15) is 9.90 Å². The van der Waals surface area contributed by atoms with Gasteiger partial charge in [0.15, 0.2) is 5.78 Å². The molecule has 4 rings (SSSR count). The summed E-state index contributed by atoms with van der Waals surface area (Å²) in [6.45, 7) is 0.357. The van der Waals surface area contributed by atoms with Crippen LogP contribution in [-0.2, 0) is 13.0 Å². The number of carbonyl (C=O) groups is 1. The van der Waals surface area contributed by atoms with Gasteiger partial charge in [0.05, 0.1) is 5.69 Å². The Morgan fingerprint density at radius 2 is 1.88 bits per heavy atom. The highest BCUT2D eigenvalue weighted by molar-refractivity contribution is 6.16. The molecule has 26 heavy (non-hydrogen) atoms. The van der Waals surface area contributed by atoms with E-state index in [1.165, 1.54) is 0 Å². The van der Waals surface area contributed by atoms with Crippen molar-refractivity contribution in [1.29, 1.82) is 0 Å². The van der Waals surface area contributed by atoms with Gasteiger partial charge in [0.1, 0.15) is 18.1 Å². The van der Waals surface area contributed by atoms with Gasteiger partial charge in [-0.2, -0.15) is 0 Å². The minimum Gasteiger partial charge on any atom is -0.508 e. The van der Waals surface area contributed by atoms with Gasteiger partial charge in [-0.05, 0) is 30.3 Å². The third-order valence-electron chi connectivity index (χ3n) is 4.41. The van der Waals surface area contributed by atoms with E-state index in [1.807, 2.05) is 48.5 Å². The highest BCUT2D eigenvalue weighted by Crippen LogP contribution is 2.34. The molecular formula is C22H17NO3. The number of fused-ring (bicyclic) bond motifs is 1. The van der Waals surface area contributed by atoms with Gasteiger partial charge < -0.3 is 9.84 Å². The summed E-state index contributed by atoms with van der Waals surface area (Å²) in [7, 11) is 0. The highest BCUT2D eigenvalue weighted by atomic mass is 16.5. The lowest BCUT2D eigenvalue weighted by Crippen LogP contribution is -2.00. The molecule has 4 nitrogen and oxygen atoms in total. The number of hydrogen-bond acceptors (Lipinski definition) is 4. The molecule has 0 fully saturated rings. The zero-order valence-electron chi connectivity index (χ0n) is 14.1. The van der Waals surface area contributed by atoms with Crippen LogP contribution in [0.2, 0.25) is 0 Å². The number of benzene rings is 2. The molecule has 4 heteroatoms. The van der Waals surface area contributed by atoms with Crippen molar-refractivity contribution >= 4 is 11.9 Å². The van der Waals surface area contributed by atoms with Crippen molar-refractivity contribution < 1.29 is 14.6 Å². The zero-order chi connectivity index (χ0) is 17.9. The van der Waals surface area contributed by atoms with Crippen LogP contribution in [0.4, 0.5) is 0 Å². The number of allylic oxidation sites excluding steroid dienone is 1. The number of ether oxygens (including phenoxy) is 1. The molecule has 1 aliphatic rings. The van der Waals surface area contributed by atoms with Crippen molar-refractivity contribution in [3.8, 4) is 11.5 Å². The van der Waals surface area contributed by atoms with Crippen LogP contribution in [0.3, 0.4) is 0 Å². The summed E-state index contributed by atoms with van der Waals surface area (Å²) in [5, 5.41) is 9.99. The van der Waals surface area contributed by atoms with Gasteiger partial charge in [0.25, 0.3) is 0 Å². The van der Waals surface area contributed by atoms with Gasteiger partial charge in [-0.1, -0.05) is 36.4 Å². The molecule has 0 unspecified atom stereocenters. The first-order chi connectivity index (χ1) is 12.7. The third kappa shape index (κ3) is 3.09. The van der Waals surface area contributed by atoms with Gasteiger partial charge in [-0.3, -0.25) is 9.78 Å². The Morgan fingerprint density at radius 1 is 1.04 bits per heavy atom. The quantitative estimate of drug-likeness (QED) is 0.722.